The Labute approximate surface area is 154 Å². The van der Waals surface area contributed by atoms with E-state index >= 15 is 0 Å². The number of hydrogen-bond acceptors (Lipinski definition) is 5. The van der Waals surface area contributed by atoms with Gasteiger partial charge in [-0.25, -0.2) is 9.78 Å². The van der Waals surface area contributed by atoms with E-state index in [1.54, 1.807) is 6.07 Å². The lowest BCUT2D eigenvalue weighted by molar-refractivity contribution is 0.0828. The molecule has 1 amide bonds. The number of amides is 1. The van der Waals surface area contributed by atoms with Crippen LogP contribution >= 0.6 is 0 Å². The van der Waals surface area contributed by atoms with Crippen molar-refractivity contribution in [2.45, 2.75) is 39.0 Å². The van der Waals surface area contributed by atoms with Gasteiger partial charge in [-0.05, 0) is 24.2 Å². The van der Waals surface area contributed by atoms with Gasteiger partial charge in [0.1, 0.15) is 24.9 Å². The number of ether oxygens (including phenoxy) is 2. The number of hydrogen-bond donors (Lipinski definition) is 3. The third kappa shape index (κ3) is 5.30. The van der Waals surface area contributed by atoms with Gasteiger partial charge >= 0.3 is 6.09 Å². The van der Waals surface area contributed by atoms with E-state index in [0.29, 0.717) is 24.5 Å². The Bertz CT molecular complexity index is 798. The molecule has 0 saturated carbocycles. The quantitative estimate of drug-likeness (QED) is 0.283. The Hall–Kier alpha value is -2.39. The second-order valence-corrected chi connectivity index (χ2v) is 12.9. The third-order valence-electron chi connectivity index (χ3n) is 3.89. The van der Waals surface area contributed by atoms with Crippen molar-refractivity contribution in [1.29, 1.82) is 5.41 Å². The highest BCUT2D eigenvalue weighted by Crippen LogP contribution is 2.20. The largest absolute Gasteiger partial charge is 0.443 e. The molecule has 0 aliphatic heterocycles. The SMILES string of the molecule is CNC(=O)OCc1cc2nc(C(=N)N)ccc2n1COCC[Si](C)(C)C. The summed E-state index contributed by atoms with van der Waals surface area (Å²) in [5.41, 5.74) is 8.23. The van der Waals surface area contributed by atoms with Gasteiger partial charge in [0, 0.05) is 21.7 Å². The van der Waals surface area contributed by atoms with Gasteiger partial charge in [0.05, 0.1) is 16.7 Å². The molecule has 0 radical (unpaired) electrons. The summed E-state index contributed by atoms with van der Waals surface area (Å²) in [5.74, 6) is -0.0887. The van der Waals surface area contributed by atoms with Crippen LogP contribution in [0.4, 0.5) is 4.79 Å². The van der Waals surface area contributed by atoms with E-state index in [0.717, 1.165) is 17.3 Å². The summed E-state index contributed by atoms with van der Waals surface area (Å²) in [7, 11) is 0.349. The monoisotopic (exact) mass is 377 g/mol. The lowest BCUT2D eigenvalue weighted by atomic mass is 10.3. The van der Waals surface area contributed by atoms with Crippen LogP contribution in [0.25, 0.3) is 11.0 Å². The van der Waals surface area contributed by atoms with Gasteiger partial charge in [-0.15, -0.1) is 0 Å². The third-order valence-corrected chi connectivity index (χ3v) is 5.60. The normalized spacial score (nSPS) is 11.5. The molecule has 2 heterocycles. The minimum atomic E-state index is -1.16. The van der Waals surface area contributed by atoms with Crippen molar-refractivity contribution in [3.05, 3.63) is 29.6 Å². The van der Waals surface area contributed by atoms with Crippen LogP contribution in [-0.4, -0.2) is 43.2 Å². The summed E-state index contributed by atoms with van der Waals surface area (Å²) >= 11 is 0. The van der Waals surface area contributed by atoms with Crippen LogP contribution in [0.1, 0.15) is 11.4 Å². The Morgan fingerprint density at radius 1 is 1.38 bits per heavy atom. The number of carbonyl (C=O) groups is 1. The minimum Gasteiger partial charge on any atom is -0.443 e. The molecule has 2 aromatic heterocycles. The molecular weight excluding hydrogens is 350 g/mol. The van der Waals surface area contributed by atoms with Crippen LogP contribution in [0.2, 0.25) is 25.7 Å². The molecule has 2 rings (SSSR count). The van der Waals surface area contributed by atoms with E-state index in [4.69, 9.17) is 20.6 Å². The van der Waals surface area contributed by atoms with Crippen molar-refractivity contribution in [3.8, 4) is 0 Å². The first-order valence-corrected chi connectivity index (χ1v) is 12.2. The molecule has 26 heavy (non-hydrogen) atoms. The van der Waals surface area contributed by atoms with Gasteiger partial charge in [-0.2, -0.15) is 0 Å². The Kier molecular flexibility index (Phi) is 6.38. The summed E-state index contributed by atoms with van der Waals surface area (Å²) in [5, 5.41) is 9.96. The summed E-state index contributed by atoms with van der Waals surface area (Å²) in [6.07, 6.45) is -0.501. The van der Waals surface area contributed by atoms with E-state index in [1.165, 1.54) is 7.05 Å². The molecular formula is C17H27N5O3Si. The zero-order valence-corrected chi connectivity index (χ0v) is 16.8. The molecule has 9 heteroatoms. The number of nitrogens with two attached hydrogens (primary N) is 1. The highest BCUT2D eigenvalue weighted by atomic mass is 28.3. The minimum absolute atomic E-state index is 0.0887. The maximum Gasteiger partial charge on any atom is 0.407 e. The summed E-state index contributed by atoms with van der Waals surface area (Å²) in [6, 6.07) is 6.45. The summed E-state index contributed by atoms with van der Waals surface area (Å²) in [4.78, 5) is 15.8. The number of amidine groups is 1. The zero-order chi connectivity index (χ0) is 19.3. The number of aromatic nitrogens is 2. The van der Waals surface area contributed by atoms with Crippen LogP contribution < -0.4 is 11.1 Å². The van der Waals surface area contributed by atoms with Crippen molar-refractivity contribution in [2.75, 3.05) is 13.7 Å². The van der Waals surface area contributed by atoms with Crippen molar-refractivity contribution in [1.82, 2.24) is 14.9 Å². The van der Waals surface area contributed by atoms with Gasteiger partial charge in [-0.3, -0.25) is 5.41 Å². The molecule has 0 aliphatic rings. The van der Waals surface area contributed by atoms with E-state index in [1.807, 2.05) is 16.7 Å². The zero-order valence-electron chi connectivity index (χ0n) is 15.8. The average Bonchev–Trinajstić information content (AvgIpc) is 2.92. The number of rotatable bonds is 8. The lowest BCUT2D eigenvalue weighted by Crippen LogP contribution is -2.22. The Morgan fingerprint density at radius 2 is 2.12 bits per heavy atom. The second-order valence-electron chi connectivity index (χ2n) is 7.25. The molecule has 0 fully saturated rings. The molecule has 0 aliphatic carbocycles. The molecule has 4 N–H and O–H groups in total. The first-order valence-electron chi connectivity index (χ1n) is 8.47. The highest BCUT2D eigenvalue weighted by molar-refractivity contribution is 6.76. The maximum absolute atomic E-state index is 11.4. The molecule has 2 aromatic rings. The molecule has 0 bridgehead atoms. The fraction of sp³-hybridized carbons (Fsp3) is 0.471. The van der Waals surface area contributed by atoms with Crippen molar-refractivity contribution in [3.63, 3.8) is 0 Å². The van der Waals surface area contributed by atoms with Gasteiger partial charge in [0.2, 0.25) is 0 Å². The number of nitrogens with zero attached hydrogens (tertiary/aromatic N) is 2. The van der Waals surface area contributed by atoms with Crippen molar-refractivity contribution in [2.24, 2.45) is 5.73 Å². The first kappa shape index (κ1) is 19.9. The molecule has 0 spiro atoms. The Balaban J connectivity index is 2.24. The van der Waals surface area contributed by atoms with Gasteiger partial charge in [0.25, 0.3) is 0 Å². The van der Waals surface area contributed by atoms with E-state index in [9.17, 15) is 4.79 Å². The predicted molar refractivity (Wildman–Crippen MR) is 104 cm³/mol. The number of nitrogens with one attached hydrogen (secondary N) is 2. The standard InChI is InChI=1S/C17H27N5O3Si/c1-20-17(23)25-10-12-9-14-15(6-5-13(21-14)16(18)19)22(12)11-24-7-8-26(2,3)4/h5-6,9H,7-8,10-11H2,1-4H3,(H3,18,19)(H,20,23). The van der Waals surface area contributed by atoms with Crippen LogP contribution in [0.3, 0.4) is 0 Å². The number of pyridine rings is 1. The average molecular weight is 378 g/mol. The molecule has 0 saturated heterocycles. The predicted octanol–water partition coefficient (Wildman–Crippen LogP) is 2.49. The summed E-state index contributed by atoms with van der Waals surface area (Å²) < 4.78 is 13.0. The fourth-order valence-electron chi connectivity index (χ4n) is 2.36. The van der Waals surface area contributed by atoms with Crippen LogP contribution in [0.15, 0.2) is 18.2 Å². The summed E-state index contributed by atoms with van der Waals surface area (Å²) in [6.45, 7) is 8.04. The number of nitrogen functional groups attached to an aromatic ring is 1. The molecule has 8 nitrogen and oxygen atoms in total. The maximum atomic E-state index is 11.4. The first-order chi connectivity index (χ1) is 12.2. The molecule has 0 unspecified atom stereocenters. The van der Waals surface area contributed by atoms with Gasteiger partial charge < -0.3 is 25.1 Å². The van der Waals surface area contributed by atoms with E-state index < -0.39 is 14.2 Å². The Morgan fingerprint density at radius 3 is 2.73 bits per heavy atom. The second kappa shape index (κ2) is 8.32. The van der Waals surface area contributed by atoms with E-state index in [2.05, 4.69) is 29.9 Å². The lowest BCUT2D eigenvalue weighted by Gasteiger charge is -2.17. The van der Waals surface area contributed by atoms with Crippen LogP contribution in [0, 0.1) is 5.41 Å². The number of carbonyl (C=O) groups excluding carboxylic acids is 1. The van der Waals surface area contributed by atoms with Crippen molar-refractivity contribution < 1.29 is 14.3 Å². The fourth-order valence-corrected chi connectivity index (χ4v) is 3.12. The van der Waals surface area contributed by atoms with Crippen molar-refractivity contribution >= 4 is 31.0 Å². The van der Waals surface area contributed by atoms with Gasteiger partial charge in [-0.1, -0.05) is 19.6 Å². The van der Waals surface area contributed by atoms with Gasteiger partial charge in [0.15, 0.2) is 0 Å². The number of fused-ring (bicyclic) bond motifs is 1. The van der Waals surface area contributed by atoms with Crippen LogP contribution in [-0.2, 0) is 22.8 Å². The molecule has 0 aromatic carbocycles. The van der Waals surface area contributed by atoms with Crippen LogP contribution in [0.5, 0.6) is 0 Å². The highest BCUT2D eigenvalue weighted by Gasteiger charge is 2.15. The molecule has 142 valence electrons. The van der Waals surface area contributed by atoms with E-state index in [-0.39, 0.29) is 12.4 Å². The molecule has 0 atom stereocenters. The topological polar surface area (TPSA) is 115 Å². The smallest absolute Gasteiger partial charge is 0.407 e. The number of alkyl carbamates (subject to hydrolysis) is 1.